The van der Waals surface area contributed by atoms with Gasteiger partial charge in [0.1, 0.15) is 5.60 Å². The third kappa shape index (κ3) is 6.19. The highest BCUT2D eigenvalue weighted by atomic mass is 16.6. The zero-order valence-corrected chi connectivity index (χ0v) is 14.5. The van der Waals surface area contributed by atoms with E-state index in [-0.39, 0.29) is 6.10 Å². The van der Waals surface area contributed by atoms with Crippen molar-refractivity contribution in [3.63, 3.8) is 0 Å². The van der Waals surface area contributed by atoms with E-state index < -0.39 is 17.8 Å². The fourth-order valence-corrected chi connectivity index (χ4v) is 2.58. The minimum Gasteiger partial charge on any atom is -0.444 e. The quantitative estimate of drug-likeness (QED) is 0.916. The van der Waals surface area contributed by atoms with Crippen molar-refractivity contribution in [1.82, 2.24) is 10.2 Å². The summed E-state index contributed by atoms with van der Waals surface area (Å²) in [6.07, 6.45) is -1.20. The summed E-state index contributed by atoms with van der Waals surface area (Å²) in [5.74, 6) is 0. The molecule has 1 aliphatic heterocycles. The Morgan fingerprint density at radius 2 is 2.08 bits per heavy atom. The number of nitrogens with zero attached hydrogens (tertiary/aromatic N) is 2. The van der Waals surface area contributed by atoms with Crippen LogP contribution in [0.5, 0.6) is 0 Å². The average Bonchev–Trinajstić information content (AvgIpc) is 2.52. The van der Waals surface area contributed by atoms with Crippen LogP contribution in [0, 0.1) is 11.3 Å². The van der Waals surface area contributed by atoms with Gasteiger partial charge in [-0.3, -0.25) is 4.90 Å². The molecule has 1 saturated heterocycles. The van der Waals surface area contributed by atoms with Gasteiger partial charge in [0.15, 0.2) is 6.10 Å². The second-order valence-electron chi connectivity index (χ2n) is 6.94. The van der Waals surface area contributed by atoms with E-state index in [1.54, 1.807) is 0 Å². The molecular formula is C18H25N3O3. The Labute approximate surface area is 143 Å². The maximum absolute atomic E-state index is 11.8. The van der Waals surface area contributed by atoms with E-state index in [9.17, 15) is 10.1 Å². The Morgan fingerprint density at radius 1 is 1.38 bits per heavy atom. The summed E-state index contributed by atoms with van der Waals surface area (Å²) < 4.78 is 10.9. The number of morpholine rings is 1. The lowest BCUT2D eigenvalue weighted by atomic mass is 10.1. The highest BCUT2D eigenvalue weighted by molar-refractivity contribution is 5.67. The monoisotopic (exact) mass is 331 g/mol. The third-order valence-electron chi connectivity index (χ3n) is 3.51. The van der Waals surface area contributed by atoms with Gasteiger partial charge in [-0.25, -0.2) is 4.79 Å². The van der Waals surface area contributed by atoms with Gasteiger partial charge in [-0.15, -0.1) is 0 Å². The fraction of sp³-hybridized carbons (Fsp3) is 0.556. The van der Waals surface area contributed by atoms with Crippen molar-refractivity contribution in [2.45, 2.75) is 45.1 Å². The first kappa shape index (κ1) is 18.2. The molecule has 2 rings (SSSR count). The molecule has 1 N–H and O–H groups in total. The molecule has 1 fully saturated rings. The predicted octanol–water partition coefficient (Wildman–Crippen LogP) is 2.30. The molecular weight excluding hydrogens is 306 g/mol. The van der Waals surface area contributed by atoms with Crippen LogP contribution in [0.3, 0.4) is 0 Å². The second-order valence-corrected chi connectivity index (χ2v) is 6.94. The highest BCUT2D eigenvalue weighted by Crippen LogP contribution is 2.14. The maximum atomic E-state index is 11.8. The maximum Gasteiger partial charge on any atom is 0.407 e. The number of rotatable bonds is 4. The Bertz CT molecular complexity index is 577. The fourth-order valence-electron chi connectivity index (χ4n) is 2.58. The molecule has 1 heterocycles. The number of nitriles is 1. The number of carbonyl (C=O) groups excluding carboxylic acids is 1. The Morgan fingerprint density at radius 3 is 2.71 bits per heavy atom. The van der Waals surface area contributed by atoms with Gasteiger partial charge >= 0.3 is 6.09 Å². The normalized spacial score (nSPS) is 21.8. The average molecular weight is 331 g/mol. The lowest BCUT2D eigenvalue weighted by molar-refractivity contribution is -0.0623. The van der Waals surface area contributed by atoms with Crippen LogP contribution in [0.2, 0.25) is 0 Å². The number of hydrogen-bond acceptors (Lipinski definition) is 5. The Balaban J connectivity index is 1.88. The number of nitrogens with one attached hydrogen (secondary N) is 1. The van der Waals surface area contributed by atoms with E-state index in [0.29, 0.717) is 19.6 Å². The first-order chi connectivity index (χ1) is 11.4. The standard InChI is InChI=1S/C18H25N3O3/c1-18(2,3)24-17(22)20-10-16-13-21(12-15(9-19)23-16)11-14-7-5-4-6-8-14/h4-8,15-16H,10-13H2,1-3H3,(H,20,22). The summed E-state index contributed by atoms with van der Waals surface area (Å²) in [5, 5.41) is 11.9. The zero-order chi connectivity index (χ0) is 17.6. The van der Waals surface area contributed by atoms with Gasteiger partial charge in [0, 0.05) is 26.2 Å². The van der Waals surface area contributed by atoms with Crippen LogP contribution < -0.4 is 5.32 Å². The highest BCUT2D eigenvalue weighted by Gasteiger charge is 2.28. The van der Waals surface area contributed by atoms with Gasteiger partial charge in [0.05, 0.1) is 12.2 Å². The Hall–Kier alpha value is -2.10. The molecule has 6 nitrogen and oxygen atoms in total. The molecule has 0 spiro atoms. The van der Waals surface area contributed by atoms with Gasteiger partial charge in [-0.05, 0) is 26.3 Å². The summed E-state index contributed by atoms with van der Waals surface area (Å²) in [4.78, 5) is 13.9. The number of amides is 1. The molecule has 0 saturated carbocycles. The lowest BCUT2D eigenvalue weighted by Crippen LogP contribution is -2.51. The van der Waals surface area contributed by atoms with Crippen LogP contribution in [0.4, 0.5) is 4.79 Å². The van der Waals surface area contributed by atoms with E-state index in [2.05, 4.69) is 28.4 Å². The zero-order valence-electron chi connectivity index (χ0n) is 14.5. The molecule has 24 heavy (non-hydrogen) atoms. The van der Waals surface area contributed by atoms with Crippen LogP contribution in [-0.2, 0) is 16.0 Å². The van der Waals surface area contributed by atoms with E-state index >= 15 is 0 Å². The van der Waals surface area contributed by atoms with Crippen LogP contribution in [0.25, 0.3) is 0 Å². The first-order valence-corrected chi connectivity index (χ1v) is 8.14. The van der Waals surface area contributed by atoms with Crippen LogP contribution in [-0.4, -0.2) is 48.4 Å². The van der Waals surface area contributed by atoms with Gasteiger partial charge in [0.2, 0.25) is 0 Å². The number of alkyl carbamates (subject to hydrolysis) is 1. The molecule has 2 atom stereocenters. The Kier molecular flexibility index (Phi) is 6.18. The van der Waals surface area contributed by atoms with Crippen molar-refractivity contribution in [3.05, 3.63) is 35.9 Å². The summed E-state index contributed by atoms with van der Waals surface area (Å²) in [6, 6.07) is 12.3. The van der Waals surface area contributed by atoms with E-state index in [0.717, 1.165) is 6.54 Å². The summed E-state index contributed by atoms with van der Waals surface area (Å²) in [6.45, 7) is 7.74. The van der Waals surface area contributed by atoms with Gasteiger partial charge in [-0.1, -0.05) is 30.3 Å². The van der Waals surface area contributed by atoms with E-state index in [1.165, 1.54) is 5.56 Å². The van der Waals surface area contributed by atoms with E-state index in [4.69, 9.17) is 9.47 Å². The molecule has 1 amide bonds. The third-order valence-corrected chi connectivity index (χ3v) is 3.51. The number of hydrogen-bond donors (Lipinski definition) is 1. The number of ether oxygens (including phenoxy) is 2. The van der Waals surface area contributed by atoms with E-state index in [1.807, 2.05) is 39.0 Å². The van der Waals surface area contributed by atoms with Crippen molar-refractivity contribution >= 4 is 6.09 Å². The summed E-state index contributed by atoms with van der Waals surface area (Å²) in [5.41, 5.74) is 0.654. The molecule has 2 unspecified atom stereocenters. The summed E-state index contributed by atoms with van der Waals surface area (Å²) >= 11 is 0. The van der Waals surface area contributed by atoms with Gasteiger partial charge in [-0.2, -0.15) is 5.26 Å². The van der Waals surface area contributed by atoms with Gasteiger partial charge in [0.25, 0.3) is 0 Å². The summed E-state index contributed by atoms with van der Waals surface area (Å²) in [7, 11) is 0. The van der Waals surface area contributed by atoms with Gasteiger partial charge < -0.3 is 14.8 Å². The molecule has 0 radical (unpaired) electrons. The molecule has 1 aliphatic rings. The minimum absolute atomic E-state index is 0.236. The molecule has 0 bridgehead atoms. The molecule has 130 valence electrons. The SMILES string of the molecule is CC(C)(C)OC(=O)NCC1CN(Cc2ccccc2)CC(C#N)O1. The number of carbonyl (C=O) groups is 1. The largest absolute Gasteiger partial charge is 0.444 e. The number of benzene rings is 1. The predicted molar refractivity (Wildman–Crippen MR) is 90.2 cm³/mol. The molecule has 1 aromatic rings. The van der Waals surface area contributed by atoms with Crippen molar-refractivity contribution < 1.29 is 14.3 Å². The topological polar surface area (TPSA) is 74.6 Å². The molecule has 0 aromatic heterocycles. The van der Waals surface area contributed by atoms with Crippen molar-refractivity contribution in [1.29, 1.82) is 5.26 Å². The van der Waals surface area contributed by atoms with Crippen LogP contribution in [0.1, 0.15) is 26.3 Å². The first-order valence-electron chi connectivity index (χ1n) is 8.14. The van der Waals surface area contributed by atoms with Crippen LogP contribution in [0.15, 0.2) is 30.3 Å². The molecule has 6 heteroatoms. The van der Waals surface area contributed by atoms with Crippen molar-refractivity contribution in [2.24, 2.45) is 0 Å². The lowest BCUT2D eigenvalue weighted by Gasteiger charge is -2.35. The van der Waals surface area contributed by atoms with Crippen molar-refractivity contribution in [2.75, 3.05) is 19.6 Å². The van der Waals surface area contributed by atoms with Crippen molar-refractivity contribution in [3.8, 4) is 6.07 Å². The molecule has 1 aromatic carbocycles. The smallest absolute Gasteiger partial charge is 0.407 e. The minimum atomic E-state index is -0.536. The van der Waals surface area contributed by atoms with Crippen LogP contribution >= 0.6 is 0 Å². The molecule has 0 aliphatic carbocycles. The second kappa shape index (κ2) is 8.13.